The Bertz CT molecular complexity index is 911. The van der Waals surface area contributed by atoms with E-state index in [4.69, 9.17) is 0 Å². The zero-order valence-corrected chi connectivity index (χ0v) is 15.1. The van der Waals surface area contributed by atoms with Crippen LogP contribution in [0.2, 0.25) is 0 Å². The Labute approximate surface area is 151 Å². The molecule has 0 saturated carbocycles. The number of nitrogens with one attached hydrogen (secondary N) is 3. The molecule has 26 heavy (non-hydrogen) atoms. The van der Waals surface area contributed by atoms with Gasteiger partial charge in [-0.25, -0.2) is 12.8 Å². The standard InChI is InChI=1S/C18H20FN3O3S/c1-12-9-14(13-5-3-2-4-6-13)10-16(17(12)19)18(23)21-22-26(24,25)15-7-8-20-11-15/h2-6,9-10,15,20,22H,7-8,11H2,1H3,(H,21,23). The number of carbonyl (C=O) groups excluding carboxylic acids is 1. The number of hydrogen-bond donors (Lipinski definition) is 3. The summed E-state index contributed by atoms with van der Waals surface area (Å²) in [4.78, 5) is 14.4. The van der Waals surface area contributed by atoms with Crippen LogP contribution in [-0.4, -0.2) is 32.7 Å². The predicted molar refractivity (Wildman–Crippen MR) is 97.4 cm³/mol. The summed E-state index contributed by atoms with van der Waals surface area (Å²) in [5.41, 5.74) is 3.72. The quantitative estimate of drug-likeness (QED) is 0.693. The van der Waals surface area contributed by atoms with E-state index in [9.17, 15) is 17.6 Å². The van der Waals surface area contributed by atoms with Crippen molar-refractivity contribution < 1.29 is 17.6 Å². The van der Waals surface area contributed by atoms with Gasteiger partial charge in [-0.05, 0) is 48.7 Å². The molecule has 0 bridgehead atoms. The van der Waals surface area contributed by atoms with Crippen molar-refractivity contribution >= 4 is 15.9 Å². The number of halogens is 1. The van der Waals surface area contributed by atoms with Crippen LogP contribution < -0.4 is 15.6 Å². The number of hydrogen-bond acceptors (Lipinski definition) is 4. The maximum atomic E-state index is 14.4. The van der Waals surface area contributed by atoms with Crippen LogP contribution in [0.15, 0.2) is 42.5 Å². The van der Waals surface area contributed by atoms with Crippen LogP contribution in [0.1, 0.15) is 22.3 Å². The average Bonchev–Trinajstić information content (AvgIpc) is 3.18. The highest BCUT2D eigenvalue weighted by Crippen LogP contribution is 2.24. The molecule has 0 aliphatic carbocycles. The van der Waals surface area contributed by atoms with E-state index in [1.165, 1.54) is 6.07 Å². The van der Waals surface area contributed by atoms with Crippen LogP contribution in [0.3, 0.4) is 0 Å². The van der Waals surface area contributed by atoms with Gasteiger partial charge in [-0.1, -0.05) is 30.3 Å². The highest BCUT2D eigenvalue weighted by molar-refractivity contribution is 7.90. The van der Waals surface area contributed by atoms with E-state index in [0.717, 1.165) is 5.56 Å². The van der Waals surface area contributed by atoms with E-state index in [-0.39, 0.29) is 5.56 Å². The summed E-state index contributed by atoms with van der Waals surface area (Å²) >= 11 is 0. The highest BCUT2D eigenvalue weighted by Gasteiger charge is 2.29. The topological polar surface area (TPSA) is 87.3 Å². The van der Waals surface area contributed by atoms with Gasteiger partial charge in [0.15, 0.2) is 0 Å². The van der Waals surface area contributed by atoms with Gasteiger partial charge in [0.25, 0.3) is 5.91 Å². The zero-order valence-electron chi connectivity index (χ0n) is 14.3. The van der Waals surface area contributed by atoms with Crippen molar-refractivity contribution in [3.63, 3.8) is 0 Å². The third-order valence-corrected chi connectivity index (χ3v) is 6.03. The normalized spacial score (nSPS) is 17.2. The minimum absolute atomic E-state index is 0.212. The third kappa shape index (κ3) is 3.92. The lowest BCUT2D eigenvalue weighted by Gasteiger charge is -2.14. The van der Waals surface area contributed by atoms with Gasteiger partial charge in [0.05, 0.1) is 10.8 Å². The monoisotopic (exact) mass is 377 g/mol. The van der Waals surface area contributed by atoms with E-state index < -0.39 is 27.0 Å². The molecule has 138 valence electrons. The first-order valence-electron chi connectivity index (χ1n) is 8.26. The van der Waals surface area contributed by atoms with Crippen molar-refractivity contribution in [1.82, 2.24) is 15.6 Å². The molecule has 1 saturated heterocycles. The Hall–Kier alpha value is -2.29. The number of aryl methyl sites for hydroxylation is 1. The summed E-state index contributed by atoms with van der Waals surface area (Å²) in [5.74, 6) is -1.51. The van der Waals surface area contributed by atoms with E-state index in [0.29, 0.717) is 30.6 Å². The first-order valence-corrected chi connectivity index (χ1v) is 9.80. The molecule has 0 radical (unpaired) electrons. The fraction of sp³-hybridized carbons (Fsp3) is 0.278. The van der Waals surface area contributed by atoms with Crippen LogP contribution >= 0.6 is 0 Å². The highest BCUT2D eigenvalue weighted by atomic mass is 32.2. The molecule has 1 amide bonds. The van der Waals surface area contributed by atoms with Crippen LogP contribution in [0.5, 0.6) is 0 Å². The van der Waals surface area contributed by atoms with E-state index in [2.05, 4.69) is 15.6 Å². The molecule has 2 aromatic rings. The van der Waals surface area contributed by atoms with Crippen molar-refractivity contribution in [2.45, 2.75) is 18.6 Å². The summed E-state index contributed by atoms with van der Waals surface area (Å²) in [6.45, 7) is 2.49. The maximum absolute atomic E-state index is 14.4. The third-order valence-electron chi connectivity index (χ3n) is 4.37. The second-order valence-electron chi connectivity index (χ2n) is 6.24. The van der Waals surface area contributed by atoms with Crippen LogP contribution in [0, 0.1) is 12.7 Å². The Morgan fingerprint density at radius 2 is 1.92 bits per heavy atom. The summed E-state index contributed by atoms with van der Waals surface area (Å²) < 4.78 is 38.7. The largest absolute Gasteiger partial charge is 0.315 e. The number of carbonyl (C=O) groups is 1. The fourth-order valence-corrected chi connectivity index (χ4v) is 4.06. The van der Waals surface area contributed by atoms with Crippen molar-refractivity contribution in [2.24, 2.45) is 0 Å². The first-order chi connectivity index (χ1) is 12.4. The first kappa shape index (κ1) is 18.5. The Balaban J connectivity index is 1.81. The lowest BCUT2D eigenvalue weighted by Crippen LogP contribution is -2.46. The summed E-state index contributed by atoms with van der Waals surface area (Å²) in [6.07, 6.45) is 0.460. The van der Waals surface area contributed by atoms with Gasteiger partial charge in [-0.15, -0.1) is 4.83 Å². The molecular weight excluding hydrogens is 357 g/mol. The summed E-state index contributed by atoms with van der Waals surface area (Å²) in [6, 6.07) is 12.3. The Morgan fingerprint density at radius 1 is 1.19 bits per heavy atom. The van der Waals surface area contributed by atoms with Gasteiger partial charge in [-0.2, -0.15) is 0 Å². The molecule has 0 aromatic heterocycles. The average molecular weight is 377 g/mol. The number of hydrazine groups is 1. The van der Waals surface area contributed by atoms with Gasteiger partial charge >= 0.3 is 0 Å². The minimum atomic E-state index is -3.72. The summed E-state index contributed by atoms with van der Waals surface area (Å²) in [7, 11) is -3.72. The Morgan fingerprint density at radius 3 is 2.58 bits per heavy atom. The smallest absolute Gasteiger partial charge is 0.269 e. The lowest BCUT2D eigenvalue weighted by atomic mass is 9.99. The predicted octanol–water partition coefficient (Wildman–Crippen LogP) is 1.73. The second-order valence-corrected chi connectivity index (χ2v) is 8.20. The number of benzene rings is 2. The SMILES string of the molecule is Cc1cc(-c2ccccc2)cc(C(=O)NNS(=O)(=O)C2CCNC2)c1F. The van der Waals surface area contributed by atoms with Crippen LogP contribution in [0.4, 0.5) is 4.39 Å². The number of rotatable bonds is 5. The molecule has 3 N–H and O–H groups in total. The molecule has 6 nitrogen and oxygen atoms in total. The van der Waals surface area contributed by atoms with Gasteiger partial charge in [0, 0.05) is 6.54 Å². The van der Waals surface area contributed by atoms with Crippen molar-refractivity contribution in [1.29, 1.82) is 0 Å². The van der Waals surface area contributed by atoms with Crippen LogP contribution in [0.25, 0.3) is 11.1 Å². The molecule has 1 heterocycles. The molecule has 1 fully saturated rings. The Kier molecular flexibility index (Phi) is 5.36. The van der Waals surface area contributed by atoms with Crippen molar-refractivity contribution in [3.05, 3.63) is 59.4 Å². The minimum Gasteiger partial charge on any atom is -0.315 e. The van der Waals surface area contributed by atoms with Crippen molar-refractivity contribution in [3.8, 4) is 11.1 Å². The molecule has 1 aliphatic heterocycles. The zero-order chi connectivity index (χ0) is 18.7. The maximum Gasteiger partial charge on any atom is 0.269 e. The molecule has 3 rings (SSSR count). The molecule has 2 aromatic carbocycles. The van der Waals surface area contributed by atoms with E-state index in [1.54, 1.807) is 13.0 Å². The van der Waals surface area contributed by atoms with Gasteiger partial charge in [0.1, 0.15) is 5.82 Å². The molecule has 8 heteroatoms. The molecule has 0 spiro atoms. The number of sulfonamides is 1. The van der Waals surface area contributed by atoms with Crippen LogP contribution in [-0.2, 0) is 10.0 Å². The van der Waals surface area contributed by atoms with Gasteiger partial charge in [-0.3, -0.25) is 10.2 Å². The molecular formula is C18H20FN3O3S. The summed E-state index contributed by atoms with van der Waals surface area (Å²) in [5, 5.41) is 2.33. The van der Waals surface area contributed by atoms with Gasteiger partial charge < -0.3 is 5.32 Å². The van der Waals surface area contributed by atoms with E-state index >= 15 is 0 Å². The molecule has 1 unspecified atom stereocenters. The molecule has 1 atom stereocenters. The van der Waals surface area contributed by atoms with Gasteiger partial charge in [0.2, 0.25) is 10.0 Å². The second kappa shape index (κ2) is 7.53. The lowest BCUT2D eigenvalue weighted by molar-refractivity contribution is 0.0940. The molecule has 1 aliphatic rings. The number of amides is 1. The van der Waals surface area contributed by atoms with Crippen molar-refractivity contribution in [2.75, 3.05) is 13.1 Å². The fourth-order valence-electron chi connectivity index (χ4n) is 2.89. The van der Waals surface area contributed by atoms with E-state index in [1.807, 2.05) is 30.3 Å².